The Morgan fingerprint density at radius 2 is 1.95 bits per heavy atom. The molecule has 0 saturated heterocycles. The van der Waals surface area contributed by atoms with Gasteiger partial charge in [0.2, 0.25) is 0 Å². The standard InChI is InChI=1S/C13H16O5S/c1-10(2)13(14)18-9-12(19(15,16)17)8-11-6-4-3-5-7-11/h3-7,12H,1,8-9H2,2H3,(H,15,16,17). The van der Waals surface area contributed by atoms with Crippen LogP contribution in [-0.4, -0.2) is 30.8 Å². The van der Waals surface area contributed by atoms with Crippen LogP contribution in [0.2, 0.25) is 0 Å². The zero-order chi connectivity index (χ0) is 14.5. The second-order valence-electron chi connectivity index (χ2n) is 4.21. The highest BCUT2D eigenvalue weighted by Gasteiger charge is 2.25. The van der Waals surface area contributed by atoms with Crippen molar-refractivity contribution < 1.29 is 22.5 Å². The number of carbonyl (C=O) groups excluding carboxylic acids is 1. The highest BCUT2D eigenvalue weighted by Crippen LogP contribution is 2.10. The van der Waals surface area contributed by atoms with Gasteiger partial charge in [-0.1, -0.05) is 36.9 Å². The Morgan fingerprint density at radius 3 is 2.42 bits per heavy atom. The monoisotopic (exact) mass is 284 g/mol. The number of esters is 1. The number of hydrogen-bond donors (Lipinski definition) is 1. The first-order valence-corrected chi connectivity index (χ1v) is 7.14. The third-order valence-corrected chi connectivity index (χ3v) is 3.62. The number of rotatable bonds is 6. The average molecular weight is 284 g/mol. The third-order valence-electron chi connectivity index (χ3n) is 2.48. The first-order valence-electron chi connectivity index (χ1n) is 5.63. The van der Waals surface area contributed by atoms with E-state index in [2.05, 4.69) is 6.58 Å². The fourth-order valence-corrected chi connectivity index (χ4v) is 2.06. The van der Waals surface area contributed by atoms with Gasteiger partial charge in [0, 0.05) is 5.57 Å². The number of benzene rings is 1. The quantitative estimate of drug-likeness (QED) is 0.487. The first-order chi connectivity index (χ1) is 8.80. The molecule has 0 aliphatic carbocycles. The molecule has 0 saturated carbocycles. The molecule has 1 N–H and O–H groups in total. The molecule has 0 fully saturated rings. The summed E-state index contributed by atoms with van der Waals surface area (Å²) >= 11 is 0. The van der Waals surface area contributed by atoms with E-state index in [9.17, 15) is 13.2 Å². The second-order valence-corrected chi connectivity index (χ2v) is 5.90. The summed E-state index contributed by atoms with van der Waals surface area (Å²) in [5.41, 5.74) is 0.908. The van der Waals surface area contributed by atoms with Gasteiger partial charge in [-0.2, -0.15) is 8.42 Å². The highest BCUT2D eigenvalue weighted by atomic mass is 32.2. The van der Waals surface area contributed by atoms with Gasteiger partial charge in [0.15, 0.2) is 0 Å². The van der Waals surface area contributed by atoms with Crippen molar-refractivity contribution in [2.75, 3.05) is 6.61 Å². The van der Waals surface area contributed by atoms with Gasteiger partial charge < -0.3 is 4.74 Å². The molecule has 1 unspecified atom stereocenters. The molecule has 1 aromatic carbocycles. The lowest BCUT2D eigenvalue weighted by atomic mass is 10.1. The van der Waals surface area contributed by atoms with E-state index in [1.54, 1.807) is 30.3 Å². The zero-order valence-electron chi connectivity index (χ0n) is 10.6. The maximum absolute atomic E-state index is 11.3. The van der Waals surface area contributed by atoms with Gasteiger partial charge in [0.05, 0.1) is 0 Å². The van der Waals surface area contributed by atoms with Gasteiger partial charge in [-0.25, -0.2) is 4.79 Å². The summed E-state index contributed by atoms with van der Waals surface area (Å²) in [6.45, 7) is 4.45. The van der Waals surface area contributed by atoms with E-state index in [0.717, 1.165) is 5.56 Å². The van der Waals surface area contributed by atoms with Crippen LogP contribution in [-0.2, 0) is 26.1 Å². The Morgan fingerprint density at radius 1 is 1.37 bits per heavy atom. The molecule has 1 atom stereocenters. The zero-order valence-corrected chi connectivity index (χ0v) is 11.4. The molecule has 0 spiro atoms. The molecule has 0 radical (unpaired) electrons. The Kier molecular flexibility index (Phi) is 5.26. The van der Waals surface area contributed by atoms with Crippen molar-refractivity contribution >= 4 is 16.1 Å². The van der Waals surface area contributed by atoms with Gasteiger partial charge in [-0.3, -0.25) is 4.55 Å². The van der Waals surface area contributed by atoms with Crippen molar-refractivity contribution in [1.82, 2.24) is 0 Å². The number of carbonyl (C=O) groups is 1. The molecule has 0 bridgehead atoms. The fourth-order valence-electron chi connectivity index (χ4n) is 1.42. The van der Waals surface area contributed by atoms with Crippen LogP contribution < -0.4 is 0 Å². The molecule has 0 aliphatic heterocycles. The predicted octanol–water partition coefficient (Wildman–Crippen LogP) is 1.60. The SMILES string of the molecule is C=C(C)C(=O)OCC(Cc1ccccc1)S(=O)(=O)O. The maximum atomic E-state index is 11.3. The second kappa shape index (κ2) is 6.49. The topological polar surface area (TPSA) is 80.7 Å². The van der Waals surface area contributed by atoms with Crippen LogP contribution in [0.1, 0.15) is 12.5 Å². The molecule has 104 valence electrons. The van der Waals surface area contributed by atoms with E-state index in [-0.39, 0.29) is 12.0 Å². The number of hydrogen-bond acceptors (Lipinski definition) is 4. The minimum Gasteiger partial charge on any atom is -0.461 e. The van der Waals surface area contributed by atoms with Gasteiger partial charge in [0.1, 0.15) is 11.9 Å². The number of ether oxygens (including phenoxy) is 1. The molecular formula is C13H16O5S. The van der Waals surface area contributed by atoms with Crippen molar-refractivity contribution in [1.29, 1.82) is 0 Å². The van der Waals surface area contributed by atoms with Crippen LogP contribution in [0.4, 0.5) is 0 Å². The fraction of sp³-hybridized carbons (Fsp3) is 0.308. The van der Waals surface area contributed by atoms with E-state index in [1.807, 2.05) is 0 Å². The first kappa shape index (κ1) is 15.4. The van der Waals surface area contributed by atoms with Crippen molar-refractivity contribution in [3.63, 3.8) is 0 Å². The van der Waals surface area contributed by atoms with Crippen LogP contribution in [0, 0.1) is 0 Å². The van der Waals surface area contributed by atoms with E-state index in [1.165, 1.54) is 6.92 Å². The summed E-state index contributed by atoms with van der Waals surface area (Å²) in [7, 11) is -4.29. The third kappa shape index (κ3) is 5.23. The molecule has 19 heavy (non-hydrogen) atoms. The lowest BCUT2D eigenvalue weighted by Crippen LogP contribution is -2.29. The van der Waals surface area contributed by atoms with Crippen LogP contribution in [0.15, 0.2) is 42.5 Å². The van der Waals surface area contributed by atoms with E-state index >= 15 is 0 Å². The van der Waals surface area contributed by atoms with Crippen LogP contribution in [0.3, 0.4) is 0 Å². The van der Waals surface area contributed by atoms with Gasteiger partial charge >= 0.3 is 5.97 Å². The largest absolute Gasteiger partial charge is 0.461 e. The van der Waals surface area contributed by atoms with E-state index in [4.69, 9.17) is 9.29 Å². The molecular weight excluding hydrogens is 268 g/mol. The Bertz CT molecular complexity index is 548. The summed E-state index contributed by atoms with van der Waals surface area (Å²) in [5, 5.41) is -1.18. The molecule has 0 aliphatic rings. The molecule has 1 rings (SSSR count). The Hall–Kier alpha value is -1.66. The maximum Gasteiger partial charge on any atom is 0.333 e. The Balaban J connectivity index is 2.74. The minimum absolute atomic E-state index is 0.0726. The van der Waals surface area contributed by atoms with Gasteiger partial charge in [-0.15, -0.1) is 0 Å². The molecule has 0 aromatic heterocycles. The predicted molar refractivity (Wildman–Crippen MR) is 71.3 cm³/mol. The van der Waals surface area contributed by atoms with Crippen molar-refractivity contribution in [3.8, 4) is 0 Å². The van der Waals surface area contributed by atoms with Crippen molar-refractivity contribution in [2.45, 2.75) is 18.6 Å². The average Bonchev–Trinajstić information content (AvgIpc) is 2.33. The molecule has 6 heteroatoms. The van der Waals surface area contributed by atoms with E-state index in [0.29, 0.717) is 0 Å². The van der Waals surface area contributed by atoms with Crippen LogP contribution in [0.5, 0.6) is 0 Å². The highest BCUT2D eigenvalue weighted by molar-refractivity contribution is 7.86. The van der Waals surface area contributed by atoms with E-state index < -0.39 is 27.9 Å². The van der Waals surface area contributed by atoms with Crippen LogP contribution >= 0.6 is 0 Å². The normalized spacial score (nSPS) is 12.7. The van der Waals surface area contributed by atoms with Gasteiger partial charge in [0.25, 0.3) is 10.1 Å². The summed E-state index contributed by atoms with van der Waals surface area (Å²) in [5.74, 6) is -0.679. The molecule has 0 amide bonds. The summed E-state index contributed by atoms with van der Waals surface area (Å²) < 4.78 is 36.5. The van der Waals surface area contributed by atoms with Crippen molar-refractivity contribution in [2.24, 2.45) is 0 Å². The molecule has 1 aromatic rings. The lowest BCUT2D eigenvalue weighted by molar-refractivity contribution is -0.138. The Labute approximate surface area is 112 Å². The van der Waals surface area contributed by atoms with Gasteiger partial charge in [-0.05, 0) is 18.9 Å². The summed E-state index contributed by atoms with van der Waals surface area (Å²) in [6.07, 6.45) is 0.0726. The molecule has 5 nitrogen and oxygen atoms in total. The minimum atomic E-state index is -4.29. The molecule has 0 heterocycles. The summed E-state index contributed by atoms with van der Waals surface area (Å²) in [6, 6.07) is 8.79. The lowest BCUT2D eigenvalue weighted by Gasteiger charge is -2.14. The van der Waals surface area contributed by atoms with Crippen molar-refractivity contribution in [3.05, 3.63) is 48.0 Å². The van der Waals surface area contributed by atoms with Crippen LogP contribution in [0.25, 0.3) is 0 Å². The summed E-state index contributed by atoms with van der Waals surface area (Å²) in [4.78, 5) is 11.2. The smallest absolute Gasteiger partial charge is 0.333 e.